The highest BCUT2D eigenvalue weighted by molar-refractivity contribution is 7.89. The monoisotopic (exact) mass is 277 g/mol. The van der Waals surface area contributed by atoms with Crippen molar-refractivity contribution in [2.24, 2.45) is 0 Å². The summed E-state index contributed by atoms with van der Waals surface area (Å²) in [6, 6.07) is 6.78. The summed E-state index contributed by atoms with van der Waals surface area (Å²) in [6.07, 6.45) is 3.11. The molecule has 0 bridgehead atoms. The van der Waals surface area contributed by atoms with Crippen LogP contribution in [0.1, 0.15) is 5.56 Å². The van der Waals surface area contributed by atoms with Crippen LogP contribution in [-0.2, 0) is 10.0 Å². The van der Waals surface area contributed by atoms with Crippen LogP contribution in [0.25, 0.3) is 0 Å². The van der Waals surface area contributed by atoms with Crippen LogP contribution in [0.15, 0.2) is 66.6 Å². The van der Waals surface area contributed by atoms with Crippen LogP contribution < -0.4 is 0 Å². The van der Waals surface area contributed by atoms with Gasteiger partial charge in [0.15, 0.2) is 0 Å². The minimum absolute atomic E-state index is 0.214. The Kier molecular flexibility index (Phi) is 5.27. The first-order valence-corrected chi connectivity index (χ1v) is 7.33. The van der Waals surface area contributed by atoms with E-state index in [-0.39, 0.29) is 18.0 Å². The second-order valence-corrected chi connectivity index (χ2v) is 6.20. The molecule has 0 saturated carbocycles. The molecule has 0 atom stereocenters. The van der Waals surface area contributed by atoms with Gasteiger partial charge in [-0.15, -0.1) is 6.58 Å². The molecule has 0 fully saturated rings. The van der Waals surface area contributed by atoms with Gasteiger partial charge in [0.1, 0.15) is 0 Å². The number of benzene rings is 1. The third-order valence-electron chi connectivity index (χ3n) is 2.66. The Morgan fingerprint density at radius 2 is 1.84 bits per heavy atom. The Labute approximate surface area is 115 Å². The lowest BCUT2D eigenvalue weighted by Gasteiger charge is -2.21. The minimum atomic E-state index is -3.53. The highest BCUT2D eigenvalue weighted by atomic mass is 32.2. The summed E-state index contributed by atoms with van der Waals surface area (Å²) in [6.45, 7) is 13.3. The molecular formula is C15H19NO2S. The summed E-state index contributed by atoms with van der Waals surface area (Å²) in [5.74, 6) is 0. The van der Waals surface area contributed by atoms with Crippen LogP contribution in [0, 0.1) is 6.92 Å². The molecule has 4 heteroatoms. The fourth-order valence-electron chi connectivity index (χ4n) is 1.54. The number of hydrogen-bond donors (Lipinski definition) is 0. The van der Waals surface area contributed by atoms with Crippen molar-refractivity contribution in [3.63, 3.8) is 0 Å². The number of aryl methyl sites for hydroxylation is 1. The molecule has 0 aliphatic heterocycles. The van der Waals surface area contributed by atoms with Crippen LogP contribution >= 0.6 is 0 Å². The van der Waals surface area contributed by atoms with Crippen molar-refractivity contribution in [3.8, 4) is 0 Å². The third-order valence-corrected chi connectivity index (χ3v) is 4.49. The van der Waals surface area contributed by atoms with Gasteiger partial charge in [-0.1, -0.05) is 43.0 Å². The highest BCUT2D eigenvalue weighted by Crippen LogP contribution is 2.17. The minimum Gasteiger partial charge on any atom is -0.207 e. The van der Waals surface area contributed by atoms with Gasteiger partial charge in [0, 0.05) is 13.1 Å². The molecule has 0 N–H and O–H groups in total. The summed E-state index contributed by atoms with van der Waals surface area (Å²) in [5, 5.41) is 0. The fourth-order valence-corrected chi connectivity index (χ4v) is 2.96. The van der Waals surface area contributed by atoms with E-state index >= 15 is 0 Å². The van der Waals surface area contributed by atoms with Gasteiger partial charge in [0.05, 0.1) is 4.90 Å². The maximum atomic E-state index is 12.5. The molecule has 3 nitrogen and oxygen atoms in total. The van der Waals surface area contributed by atoms with E-state index in [0.29, 0.717) is 5.57 Å². The zero-order chi connectivity index (χ0) is 14.5. The maximum absolute atomic E-state index is 12.5. The molecule has 1 aromatic rings. The molecule has 0 saturated heterocycles. The lowest BCUT2D eigenvalue weighted by Crippen LogP contribution is -2.32. The van der Waals surface area contributed by atoms with Crippen molar-refractivity contribution in [2.75, 3.05) is 13.1 Å². The third kappa shape index (κ3) is 3.91. The Morgan fingerprint density at radius 1 is 1.26 bits per heavy atom. The van der Waals surface area contributed by atoms with E-state index < -0.39 is 10.0 Å². The highest BCUT2D eigenvalue weighted by Gasteiger charge is 2.23. The van der Waals surface area contributed by atoms with Crippen molar-refractivity contribution in [2.45, 2.75) is 11.8 Å². The molecule has 1 aromatic carbocycles. The number of sulfonamides is 1. The molecule has 0 aromatic heterocycles. The Hall–Kier alpha value is -1.65. The Bertz CT molecular complexity index is 571. The zero-order valence-corrected chi connectivity index (χ0v) is 12.0. The van der Waals surface area contributed by atoms with E-state index in [1.54, 1.807) is 36.4 Å². The standard InChI is InChI=1S/C15H19NO2S/c1-5-11-16(12-13(3)6-2)19(17,18)15-9-7-14(4)8-10-15/h5-10H,1-3,11-12H2,4H3. The molecule has 102 valence electrons. The summed E-state index contributed by atoms with van der Waals surface area (Å²) < 4.78 is 26.3. The lowest BCUT2D eigenvalue weighted by molar-refractivity contribution is 0.469. The van der Waals surface area contributed by atoms with E-state index in [1.807, 2.05) is 6.92 Å². The normalized spacial score (nSPS) is 11.3. The van der Waals surface area contributed by atoms with Crippen molar-refractivity contribution >= 4 is 10.0 Å². The summed E-state index contributed by atoms with van der Waals surface area (Å²) in [7, 11) is -3.53. The molecule has 0 spiro atoms. The van der Waals surface area contributed by atoms with Gasteiger partial charge in [0.25, 0.3) is 0 Å². The lowest BCUT2D eigenvalue weighted by atomic mass is 10.2. The fraction of sp³-hybridized carbons (Fsp3) is 0.200. The van der Waals surface area contributed by atoms with Crippen molar-refractivity contribution < 1.29 is 8.42 Å². The summed E-state index contributed by atoms with van der Waals surface area (Å²) in [5.41, 5.74) is 1.67. The topological polar surface area (TPSA) is 37.4 Å². The Morgan fingerprint density at radius 3 is 2.32 bits per heavy atom. The predicted octanol–water partition coefficient (Wildman–Crippen LogP) is 2.91. The maximum Gasteiger partial charge on any atom is 0.243 e. The first kappa shape index (κ1) is 15.4. The van der Waals surface area contributed by atoms with E-state index in [9.17, 15) is 8.42 Å². The van der Waals surface area contributed by atoms with Crippen molar-refractivity contribution in [1.29, 1.82) is 0 Å². The van der Waals surface area contributed by atoms with Crippen LogP contribution in [0.3, 0.4) is 0 Å². The average Bonchev–Trinajstić information content (AvgIpc) is 2.38. The van der Waals surface area contributed by atoms with Crippen LogP contribution in [0.5, 0.6) is 0 Å². The zero-order valence-electron chi connectivity index (χ0n) is 11.2. The molecule has 1 rings (SSSR count). The first-order valence-electron chi connectivity index (χ1n) is 5.89. The first-order chi connectivity index (χ1) is 8.91. The van der Waals surface area contributed by atoms with Gasteiger partial charge in [-0.25, -0.2) is 8.42 Å². The van der Waals surface area contributed by atoms with Gasteiger partial charge in [0.2, 0.25) is 10.0 Å². The van der Waals surface area contributed by atoms with Crippen LogP contribution in [0.4, 0.5) is 0 Å². The molecule has 0 heterocycles. The van der Waals surface area contributed by atoms with Crippen molar-refractivity contribution in [1.82, 2.24) is 4.31 Å². The molecule has 0 unspecified atom stereocenters. The van der Waals surface area contributed by atoms with Crippen LogP contribution in [-0.4, -0.2) is 25.8 Å². The van der Waals surface area contributed by atoms with Gasteiger partial charge in [-0.05, 0) is 24.6 Å². The molecule has 0 radical (unpaired) electrons. The number of hydrogen-bond acceptors (Lipinski definition) is 2. The molecule has 0 amide bonds. The largest absolute Gasteiger partial charge is 0.243 e. The van der Waals surface area contributed by atoms with Gasteiger partial charge in [-0.3, -0.25) is 0 Å². The van der Waals surface area contributed by atoms with E-state index in [4.69, 9.17) is 0 Å². The SMILES string of the molecule is C=CCN(CC(=C)C=C)S(=O)(=O)c1ccc(C)cc1. The predicted molar refractivity (Wildman–Crippen MR) is 79.5 cm³/mol. The number of rotatable bonds is 7. The Balaban J connectivity index is 3.11. The second kappa shape index (κ2) is 6.50. The average molecular weight is 277 g/mol. The van der Waals surface area contributed by atoms with E-state index in [2.05, 4.69) is 19.7 Å². The summed E-state index contributed by atoms with van der Waals surface area (Å²) in [4.78, 5) is 0.275. The van der Waals surface area contributed by atoms with Crippen LogP contribution in [0.2, 0.25) is 0 Å². The second-order valence-electron chi connectivity index (χ2n) is 4.26. The molecule has 19 heavy (non-hydrogen) atoms. The number of nitrogens with zero attached hydrogens (tertiary/aromatic N) is 1. The smallest absolute Gasteiger partial charge is 0.207 e. The summed E-state index contributed by atoms with van der Waals surface area (Å²) >= 11 is 0. The molecule has 0 aliphatic rings. The van der Waals surface area contributed by atoms with E-state index in [0.717, 1.165) is 5.56 Å². The van der Waals surface area contributed by atoms with Gasteiger partial charge < -0.3 is 0 Å². The van der Waals surface area contributed by atoms with Gasteiger partial charge >= 0.3 is 0 Å². The molecule has 0 aliphatic carbocycles. The molecular weight excluding hydrogens is 258 g/mol. The van der Waals surface area contributed by atoms with E-state index in [1.165, 1.54) is 4.31 Å². The quantitative estimate of drug-likeness (QED) is 0.567. The van der Waals surface area contributed by atoms with Gasteiger partial charge in [-0.2, -0.15) is 4.31 Å². The van der Waals surface area contributed by atoms with Crippen molar-refractivity contribution in [3.05, 3.63) is 67.3 Å².